The minimum absolute atomic E-state index is 0.102. The maximum Gasteiger partial charge on any atom is 0.151 e. The van der Waals surface area contributed by atoms with Crippen molar-refractivity contribution in [2.45, 2.75) is 66.6 Å². The van der Waals surface area contributed by atoms with Crippen molar-refractivity contribution in [2.24, 2.45) is 5.92 Å². The molecule has 0 spiro atoms. The molecule has 0 aliphatic rings. The van der Waals surface area contributed by atoms with E-state index in [2.05, 4.69) is 63.0 Å². The van der Waals surface area contributed by atoms with Crippen LogP contribution in [0, 0.1) is 5.92 Å². The lowest BCUT2D eigenvalue weighted by molar-refractivity contribution is 0.211. The molecule has 4 heteroatoms. The van der Waals surface area contributed by atoms with E-state index in [0.717, 1.165) is 43.6 Å². The first-order valence-corrected chi connectivity index (χ1v) is 7.76. The lowest BCUT2D eigenvalue weighted by Crippen LogP contribution is -2.35. The molecule has 0 saturated carbocycles. The maximum absolute atomic E-state index is 5.45. The van der Waals surface area contributed by atoms with Gasteiger partial charge in [-0.1, -0.05) is 32.3 Å². The van der Waals surface area contributed by atoms with Crippen LogP contribution in [0.1, 0.15) is 59.4 Å². The van der Waals surface area contributed by atoms with Crippen molar-refractivity contribution in [3.8, 4) is 0 Å². The van der Waals surface area contributed by atoms with Gasteiger partial charge in [0.15, 0.2) is 5.76 Å². The van der Waals surface area contributed by atoms with Crippen LogP contribution in [0.5, 0.6) is 0 Å². The molecular weight excluding hydrogens is 250 g/mol. The average molecular weight is 281 g/mol. The van der Waals surface area contributed by atoms with Crippen molar-refractivity contribution < 1.29 is 4.52 Å². The summed E-state index contributed by atoms with van der Waals surface area (Å²) in [5.41, 5.74) is 1.08. The van der Waals surface area contributed by atoms with Crippen LogP contribution in [-0.4, -0.2) is 28.7 Å². The topological polar surface area (TPSA) is 41.3 Å². The van der Waals surface area contributed by atoms with E-state index in [-0.39, 0.29) is 5.54 Å². The van der Waals surface area contributed by atoms with Gasteiger partial charge in [0, 0.05) is 24.7 Å². The third-order valence-corrected chi connectivity index (χ3v) is 3.50. The Balaban J connectivity index is 2.49. The largest absolute Gasteiger partial charge is 0.360 e. The predicted molar refractivity (Wildman–Crippen MR) is 83.5 cm³/mol. The second-order valence-electron chi connectivity index (χ2n) is 6.73. The molecule has 0 radical (unpaired) electrons. The standard InChI is InChI=1S/C16H31N3O/c1-7-13(3)11-19(8-2)12-15-9-14(18-20-15)10-17-16(4,5)6/h9,13,17H,7-8,10-12H2,1-6H3. The van der Waals surface area contributed by atoms with Gasteiger partial charge in [0.2, 0.25) is 0 Å². The van der Waals surface area contributed by atoms with Crippen LogP contribution in [0.2, 0.25) is 0 Å². The molecule has 1 heterocycles. The normalized spacial score (nSPS) is 13.9. The number of hydrogen-bond acceptors (Lipinski definition) is 4. The van der Waals surface area contributed by atoms with Crippen LogP contribution in [0.15, 0.2) is 10.6 Å². The minimum atomic E-state index is 0.102. The van der Waals surface area contributed by atoms with Crippen molar-refractivity contribution in [1.29, 1.82) is 0 Å². The fourth-order valence-corrected chi connectivity index (χ4v) is 1.97. The van der Waals surface area contributed by atoms with Gasteiger partial charge in [-0.15, -0.1) is 0 Å². The summed E-state index contributed by atoms with van der Waals surface area (Å²) in [7, 11) is 0. The quantitative estimate of drug-likeness (QED) is 0.792. The first-order chi connectivity index (χ1) is 9.34. The fraction of sp³-hybridized carbons (Fsp3) is 0.812. The maximum atomic E-state index is 5.45. The molecule has 1 unspecified atom stereocenters. The first kappa shape index (κ1) is 17.2. The summed E-state index contributed by atoms with van der Waals surface area (Å²) in [5, 5.41) is 7.57. The number of hydrogen-bond donors (Lipinski definition) is 1. The Morgan fingerprint density at radius 3 is 2.60 bits per heavy atom. The summed E-state index contributed by atoms with van der Waals surface area (Å²) in [6.07, 6.45) is 1.22. The van der Waals surface area contributed by atoms with Gasteiger partial charge in [-0.05, 0) is 33.2 Å². The predicted octanol–water partition coefficient (Wildman–Crippen LogP) is 3.43. The van der Waals surface area contributed by atoms with Crippen LogP contribution >= 0.6 is 0 Å². The molecule has 0 amide bonds. The summed E-state index contributed by atoms with van der Waals surface area (Å²) in [5.74, 6) is 1.68. The Bertz CT molecular complexity index is 381. The third-order valence-electron chi connectivity index (χ3n) is 3.50. The van der Waals surface area contributed by atoms with Gasteiger partial charge in [0.05, 0.1) is 12.2 Å². The van der Waals surface area contributed by atoms with Gasteiger partial charge >= 0.3 is 0 Å². The lowest BCUT2D eigenvalue weighted by Gasteiger charge is -2.22. The highest BCUT2D eigenvalue weighted by molar-refractivity contribution is 5.05. The second-order valence-corrected chi connectivity index (χ2v) is 6.73. The summed E-state index contributed by atoms with van der Waals surface area (Å²) >= 11 is 0. The van der Waals surface area contributed by atoms with Crippen LogP contribution in [0.4, 0.5) is 0 Å². The summed E-state index contributed by atoms with van der Waals surface area (Å²) < 4.78 is 5.45. The molecule has 0 aromatic carbocycles. The molecule has 1 rings (SSSR count). The van der Waals surface area contributed by atoms with E-state index in [1.807, 2.05) is 0 Å². The highest BCUT2D eigenvalue weighted by atomic mass is 16.5. The van der Waals surface area contributed by atoms with Crippen LogP contribution in [0.3, 0.4) is 0 Å². The Morgan fingerprint density at radius 1 is 1.35 bits per heavy atom. The Kier molecular flexibility index (Phi) is 6.69. The molecule has 1 aromatic heterocycles. The van der Waals surface area contributed by atoms with Gasteiger partial charge < -0.3 is 9.84 Å². The van der Waals surface area contributed by atoms with Gasteiger partial charge in [-0.25, -0.2) is 0 Å². The van der Waals surface area contributed by atoms with E-state index in [1.165, 1.54) is 6.42 Å². The molecule has 1 atom stereocenters. The zero-order valence-corrected chi connectivity index (χ0v) is 14.0. The van der Waals surface area contributed by atoms with Crippen LogP contribution < -0.4 is 5.32 Å². The minimum Gasteiger partial charge on any atom is -0.360 e. The molecule has 0 aliphatic heterocycles. The molecule has 0 fully saturated rings. The molecule has 20 heavy (non-hydrogen) atoms. The zero-order chi connectivity index (χ0) is 15.2. The van der Waals surface area contributed by atoms with Crippen molar-refractivity contribution >= 4 is 0 Å². The number of nitrogens with zero attached hydrogens (tertiary/aromatic N) is 2. The van der Waals surface area contributed by atoms with Crippen molar-refractivity contribution in [1.82, 2.24) is 15.4 Å². The molecule has 4 nitrogen and oxygen atoms in total. The van der Waals surface area contributed by atoms with Gasteiger partial charge in [-0.3, -0.25) is 4.90 Å². The van der Waals surface area contributed by atoms with E-state index in [0.29, 0.717) is 0 Å². The Hall–Kier alpha value is -0.870. The van der Waals surface area contributed by atoms with E-state index in [9.17, 15) is 0 Å². The smallest absolute Gasteiger partial charge is 0.151 e. The summed E-state index contributed by atoms with van der Waals surface area (Å²) in [6, 6.07) is 2.07. The third kappa shape index (κ3) is 6.53. The number of aromatic nitrogens is 1. The number of rotatable bonds is 8. The van der Waals surface area contributed by atoms with E-state index in [1.54, 1.807) is 0 Å². The first-order valence-electron chi connectivity index (χ1n) is 7.76. The molecule has 0 saturated heterocycles. The molecule has 1 aromatic rings. The van der Waals surface area contributed by atoms with Crippen LogP contribution in [-0.2, 0) is 13.1 Å². The van der Waals surface area contributed by atoms with Gasteiger partial charge in [0.25, 0.3) is 0 Å². The SMILES string of the molecule is CCC(C)CN(CC)Cc1cc(CNC(C)(C)C)no1. The van der Waals surface area contributed by atoms with Gasteiger partial charge in [0.1, 0.15) is 0 Å². The van der Waals surface area contributed by atoms with Crippen molar-refractivity contribution in [3.05, 3.63) is 17.5 Å². The Morgan fingerprint density at radius 2 is 2.05 bits per heavy atom. The van der Waals surface area contributed by atoms with Gasteiger partial charge in [-0.2, -0.15) is 0 Å². The molecular formula is C16H31N3O. The Labute approximate surface area is 123 Å². The average Bonchev–Trinajstić information content (AvgIpc) is 2.82. The van der Waals surface area contributed by atoms with Crippen molar-refractivity contribution in [2.75, 3.05) is 13.1 Å². The van der Waals surface area contributed by atoms with E-state index < -0.39 is 0 Å². The van der Waals surface area contributed by atoms with Crippen LogP contribution in [0.25, 0.3) is 0 Å². The monoisotopic (exact) mass is 281 g/mol. The molecule has 0 bridgehead atoms. The fourth-order valence-electron chi connectivity index (χ4n) is 1.97. The summed E-state index contributed by atoms with van der Waals surface area (Å²) in [4.78, 5) is 2.41. The van der Waals surface area contributed by atoms with E-state index >= 15 is 0 Å². The second kappa shape index (κ2) is 7.79. The lowest BCUT2D eigenvalue weighted by atomic mass is 10.1. The summed E-state index contributed by atoms with van der Waals surface area (Å²) in [6.45, 7) is 16.9. The molecule has 116 valence electrons. The number of nitrogens with one attached hydrogen (secondary N) is 1. The highest BCUT2D eigenvalue weighted by Crippen LogP contribution is 2.11. The van der Waals surface area contributed by atoms with Crippen molar-refractivity contribution in [3.63, 3.8) is 0 Å². The molecule has 1 N–H and O–H groups in total. The molecule has 0 aliphatic carbocycles. The van der Waals surface area contributed by atoms with E-state index in [4.69, 9.17) is 4.52 Å². The zero-order valence-electron chi connectivity index (χ0n) is 14.0. The highest BCUT2D eigenvalue weighted by Gasteiger charge is 2.13.